The Kier molecular flexibility index (Phi) is 4.70. The molecule has 0 saturated carbocycles. The van der Waals surface area contributed by atoms with Crippen molar-refractivity contribution in [3.8, 4) is 17.1 Å². The number of pyridine rings is 1. The van der Waals surface area contributed by atoms with E-state index in [2.05, 4.69) is 20.4 Å². The van der Waals surface area contributed by atoms with Crippen LogP contribution in [0.4, 0.5) is 0 Å². The van der Waals surface area contributed by atoms with Gasteiger partial charge in [-0.2, -0.15) is 0 Å². The Hall–Kier alpha value is -3.80. The second-order valence-corrected chi connectivity index (χ2v) is 5.91. The third-order valence-corrected chi connectivity index (χ3v) is 4.05. The van der Waals surface area contributed by atoms with Crippen molar-refractivity contribution in [2.45, 2.75) is 6.54 Å². The van der Waals surface area contributed by atoms with Crippen molar-refractivity contribution in [3.05, 3.63) is 96.6 Å². The highest BCUT2D eigenvalue weighted by molar-refractivity contribution is 5.91. The van der Waals surface area contributed by atoms with Crippen LogP contribution in [0.1, 0.15) is 16.2 Å². The van der Waals surface area contributed by atoms with Gasteiger partial charge in [0.25, 0.3) is 5.91 Å². The molecule has 27 heavy (non-hydrogen) atoms. The van der Waals surface area contributed by atoms with Crippen molar-refractivity contribution in [1.29, 1.82) is 0 Å². The van der Waals surface area contributed by atoms with Crippen molar-refractivity contribution in [2.75, 3.05) is 0 Å². The van der Waals surface area contributed by atoms with Gasteiger partial charge in [-0.1, -0.05) is 48.5 Å². The zero-order valence-corrected chi connectivity index (χ0v) is 14.5. The van der Waals surface area contributed by atoms with Crippen molar-refractivity contribution >= 4 is 5.91 Å². The summed E-state index contributed by atoms with van der Waals surface area (Å²) in [5.41, 5.74) is 2.70. The number of carbonyl (C=O) groups is 1. The molecule has 0 aliphatic carbocycles. The summed E-state index contributed by atoms with van der Waals surface area (Å²) < 4.78 is 1.69. The first-order chi connectivity index (χ1) is 13.3. The van der Waals surface area contributed by atoms with Crippen LogP contribution in [0.25, 0.3) is 17.1 Å². The molecule has 0 saturated heterocycles. The van der Waals surface area contributed by atoms with Crippen molar-refractivity contribution in [1.82, 2.24) is 25.1 Å². The fraction of sp³-hybridized carbons (Fsp3) is 0.0476. The van der Waals surface area contributed by atoms with Gasteiger partial charge in [-0.3, -0.25) is 9.78 Å². The number of amides is 1. The molecule has 0 radical (unpaired) electrons. The van der Waals surface area contributed by atoms with Gasteiger partial charge in [-0.25, -0.2) is 9.67 Å². The maximum Gasteiger partial charge on any atom is 0.291 e. The Labute approximate surface area is 156 Å². The predicted octanol–water partition coefficient (Wildman–Crippen LogP) is 3.26. The monoisotopic (exact) mass is 355 g/mol. The van der Waals surface area contributed by atoms with E-state index in [0.29, 0.717) is 12.4 Å². The van der Waals surface area contributed by atoms with Crippen LogP contribution < -0.4 is 5.32 Å². The van der Waals surface area contributed by atoms with E-state index in [0.717, 1.165) is 16.8 Å². The minimum absolute atomic E-state index is 0.131. The number of para-hydroxylation sites is 1. The quantitative estimate of drug-likeness (QED) is 0.596. The van der Waals surface area contributed by atoms with Gasteiger partial charge in [0.2, 0.25) is 5.82 Å². The van der Waals surface area contributed by atoms with Crippen LogP contribution in [-0.2, 0) is 6.54 Å². The number of aromatic nitrogens is 4. The summed E-state index contributed by atoms with van der Waals surface area (Å²) >= 11 is 0. The molecular formula is C21H17N5O. The summed E-state index contributed by atoms with van der Waals surface area (Å²) in [6.45, 7) is 0.391. The number of nitrogens with one attached hydrogen (secondary N) is 1. The van der Waals surface area contributed by atoms with Crippen LogP contribution in [0, 0.1) is 0 Å². The molecule has 2 heterocycles. The van der Waals surface area contributed by atoms with E-state index in [-0.39, 0.29) is 11.7 Å². The lowest BCUT2D eigenvalue weighted by atomic mass is 10.2. The predicted molar refractivity (Wildman–Crippen MR) is 102 cm³/mol. The van der Waals surface area contributed by atoms with E-state index >= 15 is 0 Å². The lowest BCUT2D eigenvalue weighted by molar-refractivity contribution is 0.0940. The van der Waals surface area contributed by atoms with E-state index < -0.39 is 0 Å². The molecule has 0 aliphatic rings. The summed E-state index contributed by atoms with van der Waals surface area (Å²) in [7, 11) is 0. The lowest BCUT2D eigenvalue weighted by Crippen LogP contribution is -2.24. The minimum Gasteiger partial charge on any atom is -0.345 e. The Morgan fingerprint density at radius 1 is 0.889 bits per heavy atom. The second kappa shape index (κ2) is 7.61. The molecule has 0 unspecified atom stereocenters. The largest absolute Gasteiger partial charge is 0.345 e. The van der Waals surface area contributed by atoms with E-state index in [9.17, 15) is 4.79 Å². The second-order valence-electron chi connectivity index (χ2n) is 5.91. The molecule has 2 aromatic heterocycles. The smallest absolute Gasteiger partial charge is 0.291 e. The number of benzene rings is 2. The van der Waals surface area contributed by atoms with Crippen LogP contribution >= 0.6 is 0 Å². The molecule has 6 heteroatoms. The van der Waals surface area contributed by atoms with E-state index in [1.807, 2.05) is 72.8 Å². The summed E-state index contributed by atoms with van der Waals surface area (Å²) in [6.07, 6.45) is 3.38. The molecule has 0 fully saturated rings. The first-order valence-corrected chi connectivity index (χ1v) is 8.56. The van der Waals surface area contributed by atoms with Gasteiger partial charge in [0, 0.05) is 24.5 Å². The van der Waals surface area contributed by atoms with Crippen LogP contribution in [0.5, 0.6) is 0 Å². The average molecular weight is 355 g/mol. The Bertz CT molecular complexity index is 973. The van der Waals surface area contributed by atoms with Crippen molar-refractivity contribution in [2.24, 2.45) is 0 Å². The normalized spacial score (nSPS) is 10.5. The topological polar surface area (TPSA) is 72.7 Å². The minimum atomic E-state index is -0.321. The Morgan fingerprint density at radius 2 is 1.56 bits per heavy atom. The Morgan fingerprint density at radius 3 is 2.26 bits per heavy atom. The van der Waals surface area contributed by atoms with E-state index in [1.165, 1.54) is 0 Å². The fourth-order valence-corrected chi connectivity index (χ4v) is 2.69. The molecule has 0 aliphatic heterocycles. The highest BCUT2D eigenvalue weighted by Gasteiger charge is 2.18. The molecule has 0 atom stereocenters. The number of rotatable bonds is 5. The standard InChI is InChI=1S/C21H17N5O/c27-21(23-15-16-11-13-22-14-12-16)19-24-20(17-7-3-1-4-8-17)26(25-19)18-9-5-2-6-10-18/h1-14H,15H2,(H,23,27). The van der Waals surface area contributed by atoms with Crippen LogP contribution in [0.2, 0.25) is 0 Å². The maximum absolute atomic E-state index is 12.6. The van der Waals surface area contributed by atoms with Gasteiger partial charge >= 0.3 is 0 Å². The zero-order chi connectivity index (χ0) is 18.5. The maximum atomic E-state index is 12.6. The molecule has 0 bridgehead atoms. The van der Waals surface area contributed by atoms with Gasteiger partial charge in [0.05, 0.1) is 5.69 Å². The van der Waals surface area contributed by atoms with Crippen molar-refractivity contribution < 1.29 is 4.79 Å². The third kappa shape index (κ3) is 3.74. The molecule has 0 spiro atoms. The summed E-state index contributed by atoms with van der Waals surface area (Å²) in [4.78, 5) is 21.0. The number of hydrogen-bond acceptors (Lipinski definition) is 4. The average Bonchev–Trinajstić information content (AvgIpc) is 3.20. The highest BCUT2D eigenvalue weighted by atomic mass is 16.2. The summed E-state index contributed by atoms with van der Waals surface area (Å²) in [5, 5.41) is 7.30. The first-order valence-electron chi connectivity index (χ1n) is 8.56. The van der Waals surface area contributed by atoms with Crippen LogP contribution in [0.15, 0.2) is 85.2 Å². The van der Waals surface area contributed by atoms with Crippen molar-refractivity contribution in [3.63, 3.8) is 0 Å². The molecule has 4 rings (SSSR count). The van der Waals surface area contributed by atoms with E-state index in [1.54, 1.807) is 17.1 Å². The molecule has 6 nitrogen and oxygen atoms in total. The summed E-state index contributed by atoms with van der Waals surface area (Å²) in [5.74, 6) is 0.432. The molecular weight excluding hydrogens is 338 g/mol. The molecule has 132 valence electrons. The van der Waals surface area contributed by atoms with Crippen LogP contribution in [0.3, 0.4) is 0 Å². The fourth-order valence-electron chi connectivity index (χ4n) is 2.69. The number of carbonyl (C=O) groups excluding carboxylic acids is 1. The molecule has 1 N–H and O–H groups in total. The van der Waals surface area contributed by atoms with Gasteiger partial charge < -0.3 is 5.32 Å². The SMILES string of the molecule is O=C(NCc1ccncc1)c1nc(-c2ccccc2)n(-c2ccccc2)n1. The van der Waals surface area contributed by atoms with E-state index in [4.69, 9.17) is 0 Å². The Balaban J connectivity index is 1.66. The lowest BCUT2D eigenvalue weighted by Gasteiger charge is -2.05. The molecule has 2 aromatic carbocycles. The zero-order valence-electron chi connectivity index (χ0n) is 14.5. The highest BCUT2D eigenvalue weighted by Crippen LogP contribution is 2.20. The number of hydrogen-bond donors (Lipinski definition) is 1. The molecule has 1 amide bonds. The summed E-state index contributed by atoms with van der Waals surface area (Å²) in [6, 6.07) is 23.1. The third-order valence-electron chi connectivity index (χ3n) is 4.05. The number of nitrogens with zero attached hydrogens (tertiary/aromatic N) is 4. The molecule has 4 aromatic rings. The van der Waals surface area contributed by atoms with Gasteiger partial charge in [-0.15, -0.1) is 5.10 Å². The van der Waals surface area contributed by atoms with Gasteiger partial charge in [-0.05, 0) is 29.8 Å². The van der Waals surface area contributed by atoms with Gasteiger partial charge in [0.1, 0.15) is 0 Å². The van der Waals surface area contributed by atoms with Gasteiger partial charge in [0.15, 0.2) is 5.82 Å². The van der Waals surface area contributed by atoms with Crippen LogP contribution in [-0.4, -0.2) is 25.7 Å². The first kappa shape index (κ1) is 16.7.